The average Bonchev–Trinajstić information content (AvgIpc) is 4.20. The van der Waals surface area contributed by atoms with E-state index in [0.717, 1.165) is 21.2 Å². The smallest absolute Gasteiger partial charge is 0.411 e. The van der Waals surface area contributed by atoms with Crippen LogP contribution in [0.25, 0.3) is 0 Å². The molecule has 2 aliphatic heterocycles. The van der Waals surface area contributed by atoms with E-state index in [1.807, 2.05) is 113 Å². The minimum Gasteiger partial charge on any atom is -0.491 e. The lowest BCUT2D eigenvalue weighted by Gasteiger charge is -2.29. The van der Waals surface area contributed by atoms with Gasteiger partial charge in [-0.15, -0.1) is 0 Å². The molecule has 16 heteroatoms. The predicted molar refractivity (Wildman–Crippen MR) is 254 cm³/mol. The van der Waals surface area contributed by atoms with E-state index in [2.05, 4.69) is 42.6 Å². The van der Waals surface area contributed by atoms with Crippen LogP contribution in [0, 0.1) is 6.92 Å². The second kappa shape index (κ2) is 22.1. The number of ether oxygens (including phenoxy) is 7. The zero-order chi connectivity index (χ0) is 46.5. The Bertz CT molecular complexity index is 2640. The number of aryl methyl sites for hydroxylation is 1. The van der Waals surface area contributed by atoms with Crippen LogP contribution < -0.4 is 20.1 Å². The molecule has 0 bridgehead atoms. The van der Waals surface area contributed by atoms with E-state index in [4.69, 9.17) is 33.2 Å². The third-order valence-corrected chi connectivity index (χ3v) is 11.3. The summed E-state index contributed by atoms with van der Waals surface area (Å²) in [6.07, 6.45) is 9.76. The van der Waals surface area contributed by atoms with Crippen LogP contribution in [0.1, 0.15) is 34.0 Å². The molecule has 346 valence electrons. The van der Waals surface area contributed by atoms with Crippen molar-refractivity contribution in [3.05, 3.63) is 192 Å². The van der Waals surface area contributed by atoms with Gasteiger partial charge in [-0.25, -0.2) is 14.8 Å². The molecule has 0 saturated carbocycles. The summed E-state index contributed by atoms with van der Waals surface area (Å²) < 4.78 is 46.9. The molecule has 0 radical (unpaired) electrons. The molecule has 2 saturated heterocycles. The summed E-state index contributed by atoms with van der Waals surface area (Å²) in [4.78, 5) is 32.1. The molecule has 7 aromatic rings. The number of amides is 2. The second-order valence-corrected chi connectivity index (χ2v) is 16.7. The second-order valence-electron chi connectivity index (χ2n) is 15.8. The Labute approximate surface area is 397 Å². The quantitative estimate of drug-likeness (QED) is 0.0951. The van der Waals surface area contributed by atoms with Gasteiger partial charge in [0.05, 0.1) is 45.6 Å². The lowest BCUT2D eigenvalue weighted by atomic mass is 10.0. The Balaban J connectivity index is 0.000000182. The Morgan fingerprint density at radius 3 is 1.76 bits per heavy atom. The number of hydrogen-bond acceptors (Lipinski definition) is 11. The number of rotatable bonds is 16. The Morgan fingerprint density at radius 2 is 1.24 bits per heavy atom. The number of imidazole rings is 2. The standard InChI is InChI=1S/C27H24BrN3O4.C24H27N3O5/c28-22-8-6-21(7-9-22)27(18-31-15-14-29-19-31)34-17-25(35-27)16-33-24-12-10-23(11-13-24)30-26(32)20-4-2-1-3-5-20;1-3-29-23(28)26-20-7-9-21(10-8-20)30-14-22-15-31-24(32-22,16-27-12-11-25-17-27)19-6-4-5-18(2)13-19/h1-15,19,25H,16-18H2,(H,30,32);4-13,17,22H,3,14-16H2,1-2H3,(H,26,28). The van der Waals surface area contributed by atoms with Gasteiger partial charge in [-0.2, -0.15) is 0 Å². The SMILES string of the molecule is CCOC(=O)Nc1ccc(OCC2COC(Cn3ccnc3)(c3cccc(C)c3)O2)cc1.O=C(Nc1ccc(OCC2COC(Cn3ccnc3)(c3ccc(Br)cc3)O2)cc1)c1ccccc1. The number of hydrogen-bond donors (Lipinski definition) is 2. The maximum absolute atomic E-state index is 12.3. The van der Waals surface area contributed by atoms with Crippen molar-refractivity contribution in [2.45, 2.75) is 50.7 Å². The largest absolute Gasteiger partial charge is 0.491 e. The van der Waals surface area contributed by atoms with Crippen molar-refractivity contribution in [2.24, 2.45) is 0 Å². The van der Waals surface area contributed by atoms with Crippen molar-refractivity contribution in [3.8, 4) is 11.5 Å². The number of carbonyl (C=O) groups is 2. The van der Waals surface area contributed by atoms with E-state index in [1.165, 1.54) is 0 Å². The van der Waals surface area contributed by atoms with E-state index in [9.17, 15) is 9.59 Å². The molecule has 9 rings (SSSR count). The van der Waals surface area contributed by atoms with Crippen LogP contribution in [0.5, 0.6) is 11.5 Å². The van der Waals surface area contributed by atoms with Crippen LogP contribution >= 0.6 is 15.9 Å². The van der Waals surface area contributed by atoms with Crippen molar-refractivity contribution in [3.63, 3.8) is 0 Å². The van der Waals surface area contributed by atoms with Gasteiger partial charge in [-0.3, -0.25) is 10.1 Å². The van der Waals surface area contributed by atoms with Gasteiger partial charge in [0.15, 0.2) is 0 Å². The van der Waals surface area contributed by atoms with E-state index >= 15 is 0 Å². The number of nitrogens with zero attached hydrogens (tertiary/aromatic N) is 4. The zero-order valence-electron chi connectivity index (χ0n) is 37.0. The maximum Gasteiger partial charge on any atom is 0.411 e. The van der Waals surface area contributed by atoms with Crippen molar-refractivity contribution in [1.29, 1.82) is 0 Å². The lowest BCUT2D eigenvalue weighted by Crippen LogP contribution is -2.34. The number of carbonyl (C=O) groups excluding carboxylic acids is 2. The molecule has 2 aliphatic rings. The molecule has 4 unspecified atom stereocenters. The molecule has 2 aromatic heterocycles. The molecule has 4 heterocycles. The van der Waals surface area contributed by atoms with Gasteiger partial charge in [0.1, 0.15) is 36.9 Å². The fraction of sp³-hybridized carbons (Fsp3) is 0.255. The Hall–Kier alpha value is -6.82. The van der Waals surface area contributed by atoms with Gasteiger partial charge in [-0.05, 0) is 86.6 Å². The summed E-state index contributed by atoms with van der Waals surface area (Å²) in [5.41, 5.74) is 4.96. The first-order valence-corrected chi connectivity index (χ1v) is 22.6. The van der Waals surface area contributed by atoms with Crippen LogP contribution in [-0.4, -0.2) is 76.3 Å². The Morgan fingerprint density at radius 1 is 0.687 bits per heavy atom. The highest BCUT2D eigenvalue weighted by Gasteiger charge is 2.45. The van der Waals surface area contributed by atoms with E-state index in [-0.39, 0.29) is 18.1 Å². The average molecular weight is 972 g/mol. The van der Waals surface area contributed by atoms with Crippen LogP contribution in [0.4, 0.5) is 16.2 Å². The molecule has 0 spiro atoms. The molecule has 5 aromatic carbocycles. The summed E-state index contributed by atoms with van der Waals surface area (Å²) in [7, 11) is 0. The van der Waals surface area contributed by atoms with Crippen molar-refractivity contribution in [2.75, 3.05) is 43.7 Å². The third-order valence-electron chi connectivity index (χ3n) is 10.8. The molecule has 67 heavy (non-hydrogen) atoms. The highest BCUT2D eigenvalue weighted by Crippen LogP contribution is 2.38. The van der Waals surface area contributed by atoms with Gasteiger partial charge in [0.25, 0.3) is 5.91 Å². The summed E-state index contributed by atoms with van der Waals surface area (Å²) in [5.74, 6) is -0.638. The van der Waals surface area contributed by atoms with E-state index < -0.39 is 17.7 Å². The van der Waals surface area contributed by atoms with Gasteiger partial charge < -0.3 is 47.6 Å². The van der Waals surface area contributed by atoms with Gasteiger partial charge in [-0.1, -0.05) is 76.1 Å². The van der Waals surface area contributed by atoms with Gasteiger partial charge in [0.2, 0.25) is 11.6 Å². The third kappa shape index (κ3) is 12.5. The first-order chi connectivity index (χ1) is 32.7. The van der Waals surface area contributed by atoms with E-state index in [1.54, 1.807) is 68.4 Å². The van der Waals surface area contributed by atoms with Crippen molar-refractivity contribution < 1.29 is 42.7 Å². The molecule has 2 fully saturated rings. The number of anilines is 2. The first-order valence-electron chi connectivity index (χ1n) is 21.8. The van der Waals surface area contributed by atoms with Gasteiger partial charge >= 0.3 is 6.09 Å². The number of nitrogens with one attached hydrogen (secondary N) is 2. The summed E-state index contributed by atoms with van der Waals surface area (Å²) in [6.45, 7) is 6.56. The fourth-order valence-corrected chi connectivity index (χ4v) is 7.76. The van der Waals surface area contributed by atoms with Crippen LogP contribution in [0.2, 0.25) is 0 Å². The van der Waals surface area contributed by atoms with Crippen molar-refractivity contribution in [1.82, 2.24) is 19.1 Å². The monoisotopic (exact) mass is 970 g/mol. The molecular formula is C51H51BrN6O9. The highest BCUT2D eigenvalue weighted by atomic mass is 79.9. The summed E-state index contributed by atoms with van der Waals surface area (Å²) >= 11 is 3.48. The number of benzene rings is 5. The molecule has 4 atom stereocenters. The summed E-state index contributed by atoms with van der Waals surface area (Å²) in [5, 5.41) is 5.54. The predicted octanol–water partition coefficient (Wildman–Crippen LogP) is 9.35. The molecule has 2 amide bonds. The normalized spacial score (nSPS) is 19.7. The van der Waals surface area contributed by atoms with Crippen LogP contribution in [-0.2, 0) is 48.3 Å². The number of aromatic nitrogens is 4. The minimum atomic E-state index is -0.930. The first kappa shape index (κ1) is 46.7. The van der Waals surface area contributed by atoms with Gasteiger partial charge in [0, 0.05) is 57.3 Å². The maximum atomic E-state index is 12.3. The van der Waals surface area contributed by atoms with Crippen molar-refractivity contribution >= 4 is 39.3 Å². The molecule has 0 aliphatic carbocycles. The van der Waals surface area contributed by atoms with Crippen LogP contribution in [0.3, 0.4) is 0 Å². The fourth-order valence-electron chi connectivity index (χ4n) is 7.50. The lowest BCUT2D eigenvalue weighted by molar-refractivity contribution is -0.189. The molecular weight excluding hydrogens is 920 g/mol. The Kier molecular flexibility index (Phi) is 15.4. The highest BCUT2D eigenvalue weighted by molar-refractivity contribution is 9.10. The number of halogens is 1. The topological polar surface area (TPSA) is 158 Å². The van der Waals surface area contributed by atoms with Crippen LogP contribution in [0.15, 0.2) is 169 Å². The molecule has 2 N–H and O–H groups in total. The molecule has 15 nitrogen and oxygen atoms in total. The van der Waals surface area contributed by atoms with E-state index in [0.29, 0.717) is 74.6 Å². The minimum absolute atomic E-state index is 0.155. The zero-order valence-corrected chi connectivity index (χ0v) is 38.6. The summed E-state index contributed by atoms with van der Waals surface area (Å²) in [6, 6.07) is 39.5.